The quantitative estimate of drug-likeness (QED) is 0.740. The van der Waals surface area contributed by atoms with Gasteiger partial charge in [-0.25, -0.2) is 9.18 Å². The molecule has 0 saturated carbocycles. The van der Waals surface area contributed by atoms with Gasteiger partial charge < -0.3 is 15.5 Å². The summed E-state index contributed by atoms with van der Waals surface area (Å²) in [6.07, 6.45) is 1.88. The van der Waals surface area contributed by atoms with Gasteiger partial charge in [-0.3, -0.25) is 0 Å². The number of rotatable bonds is 6. The molecule has 0 aliphatic rings. The predicted molar refractivity (Wildman–Crippen MR) is 70.8 cm³/mol. The number of benzene rings is 1. The summed E-state index contributed by atoms with van der Waals surface area (Å²) in [6.45, 7) is 1.89. The van der Waals surface area contributed by atoms with E-state index < -0.39 is 11.8 Å². The molecular weight excluding hydrogens is 257 g/mol. The molecule has 2 unspecified atom stereocenters. The van der Waals surface area contributed by atoms with Crippen LogP contribution in [-0.4, -0.2) is 40.3 Å². The molecule has 0 radical (unpaired) electrons. The number of hydrogen-bond donors (Lipinski definition) is 3. The highest BCUT2D eigenvalue weighted by Crippen LogP contribution is 2.19. The predicted octanol–water partition coefficient (Wildman–Crippen LogP) is 2.05. The highest BCUT2D eigenvalue weighted by molar-refractivity contribution is 7.99. The van der Waals surface area contributed by atoms with Crippen LogP contribution in [0.15, 0.2) is 18.2 Å². The highest BCUT2D eigenvalue weighted by Gasteiger charge is 2.16. The number of halogens is 1. The van der Waals surface area contributed by atoms with Gasteiger partial charge in [0.05, 0.1) is 12.2 Å². The molecule has 6 heteroatoms. The molecule has 1 aromatic rings. The number of carboxylic acid groups (broad SMARTS) is 1. The Hall–Kier alpha value is -1.27. The summed E-state index contributed by atoms with van der Waals surface area (Å²) < 4.78 is 13.4. The lowest BCUT2D eigenvalue weighted by Gasteiger charge is -2.22. The minimum absolute atomic E-state index is 0.00721. The Balaban J connectivity index is 2.80. The summed E-state index contributed by atoms with van der Waals surface area (Å²) in [6, 6.07) is 3.83. The van der Waals surface area contributed by atoms with E-state index in [1.165, 1.54) is 23.9 Å². The molecule has 18 heavy (non-hydrogen) atoms. The molecule has 4 nitrogen and oxygen atoms in total. The van der Waals surface area contributed by atoms with Crippen molar-refractivity contribution in [2.24, 2.45) is 0 Å². The zero-order valence-corrected chi connectivity index (χ0v) is 11.0. The van der Waals surface area contributed by atoms with Gasteiger partial charge in [0.15, 0.2) is 0 Å². The van der Waals surface area contributed by atoms with Gasteiger partial charge >= 0.3 is 5.97 Å². The van der Waals surface area contributed by atoms with Crippen molar-refractivity contribution in [3.63, 3.8) is 0 Å². The van der Waals surface area contributed by atoms with E-state index in [0.717, 1.165) is 6.07 Å². The molecule has 0 spiro atoms. The van der Waals surface area contributed by atoms with E-state index in [-0.39, 0.29) is 23.5 Å². The van der Waals surface area contributed by atoms with E-state index in [2.05, 4.69) is 5.32 Å². The zero-order chi connectivity index (χ0) is 13.7. The van der Waals surface area contributed by atoms with Gasteiger partial charge in [0.2, 0.25) is 0 Å². The Morgan fingerprint density at radius 2 is 2.22 bits per heavy atom. The van der Waals surface area contributed by atoms with Crippen molar-refractivity contribution in [1.82, 2.24) is 0 Å². The normalized spacial score (nSPS) is 14.0. The van der Waals surface area contributed by atoms with Crippen LogP contribution in [0.2, 0.25) is 0 Å². The maximum atomic E-state index is 13.4. The van der Waals surface area contributed by atoms with E-state index in [1.807, 2.05) is 13.2 Å². The van der Waals surface area contributed by atoms with Crippen molar-refractivity contribution in [3.8, 4) is 0 Å². The molecule has 0 aliphatic carbocycles. The SMILES string of the molecule is CSC(CO)C(C)Nc1ccc(C(=O)O)c(F)c1. The van der Waals surface area contributed by atoms with Crippen molar-refractivity contribution < 1.29 is 19.4 Å². The second-order valence-corrected chi connectivity index (χ2v) is 4.97. The standard InChI is InChI=1S/C12H16FNO3S/c1-7(11(6-15)18-2)14-8-3-4-9(12(16)17)10(13)5-8/h3-5,7,11,14-15H,6H2,1-2H3,(H,16,17). The molecule has 0 aliphatic heterocycles. The van der Waals surface area contributed by atoms with Crippen LogP contribution in [-0.2, 0) is 0 Å². The summed E-state index contributed by atoms with van der Waals surface area (Å²) in [4.78, 5) is 10.7. The average molecular weight is 273 g/mol. The average Bonchev–Trinajstić information content (AvgIpc) is 2.30. The smallest absolute Gasteiger partial charge is 0.338 e. The second-order valence-electron chi connectivity index (χ2n) is 3.89. The molecule has 100 valence electrons. The number of aliphatic hydroxyl groups excluding tert-OH is 1. The van der Waals surface area contributed by atoms with Crippen molar-refractivity contribution in [2.75, 3.05) is 18.2 Å². The van der Waals surface area contributed by atoms with Gasteiger partial charge in [-0.2, -0.15) is 11.8 Å². The molecule has 0 heterocycles. The van der Waals surface area contributed by atoms with Gasteiger partial charge in [0.1, 0.15) is 5.82 Å². The fraction of sp³-hybridized carbons (Fsp3) is 0.417. The fourth-order valence-corrected chi connectivity index (χ4v) is 2.20. The number of aliphatic hydroxyl groups is 1. The van der Waals surface area contributed by atoms with Gasteiger partial charge in [-0.05, 0) is 31.4 Å². The molecule has 0 amide bonds. The Kier molecular flexibility index (Phi) is 5.43. The Morgan fingerprint density at radius 1 is 1.56 bits per heavy atom. The first-order chi connectivity index (χ1) is 8.49. The third-order valence-corrected chi connectivity index (χ3v) is 3.80. The lowest BCUT2D eigenvalue weighted by Crippen LogP contribution is -2.31. The molecule has 0 aromatic heterocycles. The zero-order valence-electron chi connectivity index (χ0n) is 10.2. The summed E-state index contributed by atoms with van der Waals surface area (Å²) >= 11 is 1.51. The fourth-order valence-electron chi connectivity index (χ4n) is 1.57. The van der Waals surface area contributed by atoms with Crippen LogP contribution in [0, 0.1) is 5.82 Å². The summed E-state index contributed by atoms with van der Waals surface area (Å²) in [7, 11) is 0. The van der Waals surface area contributed by atoms with Crippen molar-refractivity contribution in [1.29, 1.82) is 0 Å². The van der Waals surface area contributed by atoms with E-state index in [4.69, 9.17) is 10.2 Å². The maximum Gasteiger partial charge on any atom is 0.338 e. The molecule has 1 rings (SSSR count). The first-order valence-electron chi connectivity index (χ1n) is 5.42. The van der Waals surface area contributed by atoms with Gasteiger partial charge in [-0.1, -0.05) is 0 Å². The second kappa shape index (κ2) is 6.61. The van der Waals surface area contributed by atoms with Crippen LogP contribution < -0.4 is 5.32 Å². The van der Waals surface area contributed by atoms with Crippen molar-refractivity contribution in [2.45, 2.75) is 18.2 Å². The van der Waals surface area contributed by atoms with Crippen LogP contribution in [0.4, 0.5) is 10.1 Å². The third-order valence-electron chi connectivity index (χ3n) is 2.63. The molecule has 0 saturated heterocycles. The first-order valence-corrected chi connectivity index (χ1v) is 6.71. The van der Waals surface area contributed by atoms with E-state index in [1.54, 1.807) is 0 Å². The number of hydrogen-bond acceptors (Lipinski definition) is 4. The monoisotopic (exact) mass is 273 g/mol. The maximum absolute atomic E-state index is 13.4. The van der Waals surface area contributed by atoms with Crippen molar-refractivity contribution in [3.05, 3.63) is 29.6 Å². The number of thioether (sulfide) groups is 1. The highest BCUT2D eigenvalue weighted by atomic mass is 32.2. The first kappa shape index (κ1) is 14.8. The molecule has 1 aromatic carbocycles. The lowest BCUT2D eigenvalue weighted by molar-refractivity contribution is 0.0692. The van der Waals surface area contributed by atoms with Gasteiger partial charge in [0.25, 0.3) is 0 Å². The molecular formula is C12H16FNO3S. The van der Waals surface area contributed by atoms with Gasteiger partial charge in [-0.15, -0.1) is 0 Å². The van der Waals surface area contributed by atoms with Crippen LogP contribution in [0.5, 0.6) is 0 Å². The van der Waals surface area contributed by atoms with E-state index in [0.29, 0.717) is 5.69 Å². The van der Waals surface area contributed by atoms with Crippen LogP contribution in [0.25, 0.3) is 0 Å². The van der Waals surface area contributed by atoms with Crippen LogP contribution in [0.3, 0.4) is 0 Å². The molecule has 0 bridgehead atoms. The number of aromatic carboxylic acids is 1. The van der Waals surface area contributed by atoms with Crippen LogP contribution in [0.1, 0.15) is 17.3 Å². The van der Waals surface area contributed by atoms with E-state index in [9.17, 15) is 9.18 Å². The Morgan fingerprint density at radius 3 is 2.67 bits per heavy atom. The van der Waals surface area contributed by atoms with Gasteiger partial charge in [0, 0.05) is 17.0 Å². The third kappa shape index (κ3) is 3.61. The van der Waals surface area contributed by atoms with Crippen molar-refractivity contribution >= 4 is 23.4 Å². The minimum Gasteiger partial charge on any atom is -0.478 e. The summed E-state index contributed by atoms with van der Waals surface area (Å²) in [5.74, 6) is -2.06. The topological polar surface area (TPSA) is 69.6 Å². The molecule has 3 N–H and O–H groups in total. The lowest BCUT2D eigenvalue weighted by atomic mass is 10.1. The Bertz CT molecular complexity index is 424. The number of anilines is 1. The minimum atomic E-state index is -1.29. The Labute approximate surface area is 109 Å². The number of carbonyl (C=O) groups is 1. The van der Waals surface area contributed by atoms with Crippen LogP contribution >= 0.6 is 11.8 Å². The molecule has 0 fully saturated rings. The van der Waals surface area contributed by atoms with E-state index >= 15 is 0 Å². The summed E-state index contributed by atoms with van der Waals surface area (Å²) in [5.41, 5.74) is 0.147. The number of carboxylic acids is 1. The number of nitrogens with one attached hydrogen (secondary N) is 1. The largest absolute Gasteiger partial charge is 0.478 e. The molecule has 2 atom stereocenters. The summed E-state index contributed by atoms with van der Waals surface area (Å²) in [5, 5.41) is 20.9.